The van der Waals surface area contributed by atoms with E-state index < -0.39 is 8.07 Å². The highest BCUT2D eigenvalue weighted by molar-refractivity contribution is 6.83. The Morgan fingerprint density at radius 2 is 1.26 bits per heavy atom. The minimum atomic E-state index is -1.34. The molecule has 108 valence electrons. The first-order valence-corrected chi connectivity index (χ1v) is 9.91. The maximum Gasteiger partial charge on any atom is 0.118 e. The number of benzene rings is 1. The standard InChI is InChI=1S/C17H30OSi/c1-13(2)19(14(3)4,15(5)6)12-16-8-10-17(18-7)11-9-16/h8-11,13-15H,12H2,1-7H3. The molecule has 0 radical (unpaired) electrons. The molecule has 0 aliphatic carbocycles. The predicted molar refractivity (Wildman–Crippen MR) is 87.7 cm³/mol. The monoisotopic (exact) mass is 278 g/mol. The molecule has 0 aliphatic rings. The fraction of sp³-hybridized carbons (Fsp3) is 0.647. The maximum absolute atomic E-state index is 5.25. The van der Waals surface area contributed by atoms with Gasteiger partial charge in [-0.1, -0.05) is 75.9 Å². The van der Waals surface area contributed by atoms with Gasteiger partial charge in [0, 0.05) is 0 Å². The van der Waals surface area contributed by atoms with E-state index in [2.05, 4.69) is 65.8 Å². The summed E-state index contributed by atoms with van der Waals surface area (Å²) in [5, 5.41) is 0. The van der Waals surface area contributed by atoms with Crippen molar-refractivity contribution >= 4 is 8.07 Å². The second-order valence-corrected chi connectivity index (χ2v) is 12.6. The minimum absolute atomic E-state index is 0.814. The average molecular weight is 279 g/mol. The van der Waals surface area contributed by atoms with E-state index in [4.69, 9.17) is 4.74 Å². The third-order valence-corrected chi connectivity index (χ3v) is 12.4. The molecule has 0 spiro atoms. The van der Waals surface area contributed by atoms with Crippen LogP contribution in [0.5, 0.6) is 5.75 Å². The van der Waals surface area contributed by atoms with Crippen LogP contribution < -0.4 is 4.74 Å². The van der Waals surface area contributed by atoms with Crippen LogP contribution in [0, 0.1) is 0 Å². The van der Waals surface area contributed by atoms with Crippen LogP contribution in [-0.4, -0.2) is 15.2 Å². The number of ether oxygens (including phenoxy) is 1. The van der Waals surface area contributed by atoms with E-state index in [0.717, 1.165) is 22.4 Å². The number of rotatable bonds is 6. The summed E-state index contributed by atoms with van der Waals surface area (Å²) in [7, 11) is 0.390. The van der Waals surface area contributed by atoms with Gasteiger partial charge in [-0.3, -0.25) is 0 Å². The normalized spacial score (nSPS) is 12.5. The lowest BCUT2D eigenvalue weighted by atomic mass is 10.2. The molecule has 0 fully saturated rings. The third-order valence-electron chi connectivity index (χ3n) is 4.89. The van der Waals surface area contributed by atoms with Crippen molar-refractivity contribution in [2.45, 2.75) is 64.2 Å². The SMILES string of the molecule is COc1ccc(C[Si](C(C)C)(C(C)C)C(C)C)cc1. The summed E-state index contributed by atoms with van der Waals surface area (Å²) in [6, 6.07) is 9.95. The van der Waals surface area contributed by atoms with Crippen LogP contribution in [0.15, 0.2) is 24.3 Å². The van der Waals surface area contributed by atoms with Gasteiger partial charge >= 0.3 is 0 Å². The summed E-state index contributed by atoms with van der Waals surface area (Å²) in [4.78, 5) is 0. The molecule has 0 N–H and O–H groups in total. The first kappa shape index (κ1) is 16.3. The van der Waals surface area contributed by atoms with E-state index in [1.807, 2.05) is 0 Å². The van der Waals surface area contributed by atoms with Crippen molar-refractivity contribution in [3.05, 3.63) is 29.8 Å². The van der Waals surface area contributed by atoms with Gasteiger partial charge in [0.15, 0.2) is 0 Å². The van der Waals surface area contributed by atoms with Crippen LogP contribution in [-0.2, 0) is 6.04 Å². The molecule has 0 unspecified atom stereocenters. The highest BCUT2D eigenvalue weighted by Gasteiger charge is 2.42. The van der Waals surface area contributed by atoms with Crippen molar-refractivity contribution in [2.24, 2.45) is 0 Å². The summed E-state index contributed by atoms with van der Waals surface area (Å²) < 4.78 is 5.25. The molecule has 0 saturated carbocycles. The van der Waals surface area contributed by atoms with E-state index in [1.54, 1.807) is 7.11 Å². The van der Waals surface area contributed by atoms with Crippen LogP contribution in [0.25, 0.3) is 0 Å². The Hall–Kier alpha value is -0.763. The van der Waals surface area contributed by atoms with Gasteiger partial charge in [-0.05, 0) is 18.2 Å². The largest absolute Gasteiger partial charge is 0.497 e. The van der Waals surface area contributed by atoms with Gasteiger partial charge in [0.05, 0.1) is 15.2 Å². The van der Waals surface area contributed by atoms with Crippen molar-refractivity contribution in [1.29, 1.82) is 0 Å². The van der Waals surface area contributed by atoms with Crippen molar-refractivity contribution < 1.29 is 4.74 Å². The van der Waals surface area contributed by atoms with Gasteiger partial charge in [-0.25, -0.2) is 0 Å². The molecule has 2 heteroatoms. The fourth-order valence-corrected chi connectivity index (χ4v) is 9.88. The number of hydrogen-bond acceptors (Lipinski definition) is 1. The first-order valence-electron chi connectivity index (χ1n) is 7.47. The third kappa shape index (κ3) is 3.41. The Balaban J connectivity index is 3.06. The predicted octanol–water partition coefficient (Wildman–Crippen LogP) is 5.46. The molecular formula is C17H30OSi. The minimum Gasteiger partial charge on any atom is -0.497 e. The van der Waals surface area contributed by atoms with Crippen LogP contribution in [0.1, 0.15) is 47.1 Å². The summed E-state index contributed by atoms with van der Waals surface area (Å²) in [6.07, 6.45) is 0. The average Bonchev–Trinajstić information content (AvgIpc) is 2.35. The molecule has 1 aromatic carbocycles. The molecule has 1 rings (SSSR count). The van der Waals surface area contributed by atoms with E-state index in [0.29, 0.717) is 0 Å². The van der Waals surface area contributed by atoms with E-state index in [9.17, 15) is 0 Å². The van der Waals surface area contributed by atoms with Crippen LogP contribution in [0.2, 0.25) is 16.6 Å². The van der Waals surface area contributed by atoms with E-state index in [-0.39, 0.29) is 0 Å². The molecule has 0 atom stereocenters. The van der Waals surface area contributed by atoms with Gasteiger partial charge in [0.25, 0.3) is 0 Å². The van der Waals surface area contributed by atoms with Crippen molar-refractivity contribution in [1.82, 2.24) is 0 Å². The van der Waals surface area contributed by atoms with Gasteiger partial charge in [-0.15, -0.1) is 0 Å². The molecule has 0 aliphatic heterocycles. The molecule has 0 heterocycles. The fourth-order valence-electron chi connectivity index (χ4n) is 3.71. The van der Waals surface area contributed by atoms with Gasteiger partial charge in [-0.2, -0.15) is 0 Å². The zero-order chi connectivity index (χ0) is 14.6. The molecule has 0 amide bonds. The molecule has 1 nitrogen and oxygen atoms in total. The number of hydrogen-bond donors (Lipinski definition) is 0. The molecule has 0 bridgehead atoms. The first-order chi connectivity index (χ1) is 8.84. The van der Waals surface area contributed by atoms with Crippen molar-refractivity contribution in [3.8, 4) is 5.75 Å². The molecule has 19 heavy (non-hydrogen) atoms. The van der Waals surface area contributed by atoms with E-state index >= 15 is 0 Å². The topological polar surface area (TPSA) is 9.23 Å². The Kier molecular flexibility index (Phi) is 5.66. The van der Waals surface area contributed by atoms with E-state index in [1.165, 1.54) is 11.6 Å². The van der Waals surface area contributed by atoms with Gasteiger partial charge < -0.3 is 4.74 Å². The Morgan fingerprint density at radius 1 is 0.842 bits per heavy atom. The zero-order valence-electron chi connectivity index (χ0n) is 13.7. The van der Waals surface area contributed by atoms with Gasteiger partial charge in [0.2, 0.25) is 0 Å². The Bertz CT molecular complexity index is 357. The zero-order valence-corrected chi connectivity index (χ0v) is 14.7. The molecule has 1 aromatic rings. The molecular weight excluding hydrogens is 248 g/mol. The van der Waals surface area contributed by atoms with Crippen LogP contribution in [0.3, 0.4) is 0 Å². The highest BCUT2D eigenvalue weighted by atomic mass is 28.3. The highest BCUT2D eigenvalue weighted by Crippen LogP contribution is 2.43. The molecule has 0 saturated heterocycles. The second kappa shape index (κ2) is 6.60. The second-order valence-electron chi connectivity index (χ2n) is 6.60. The van der Waals surface area contributed by atoms with Crippen LogP contribution >= 0.6 is 0 Å². The lowest BCUT2D eigenvalue weighted by Crippen LogP contribution is -2.47. The van der Waals surface area contributed by atoms with Gasteiger partial charge in [0.1, 0.15) is 5.75 Å². The number of methoxy groups -OCH3 is 1. The molecule has 0 aromatic heterocycles. The lowest BCUT2D eigenvalue weighted by Gasteiger charge is -2.43. The lowest BCUT2D eigenvalue weighted by molar-refractivity contribution is 0.414. The summed E-state index contributed by atoms with van der Waals surface area (Å²) in [6.45, 7) is 14.6. The maximum atomic E-state index is 5.25. The summed E-state index contributed by atoms with van der Waals surface area (Å²) in [5.74, 6) is 0.953. The summed E-state index contributed by atoms with van der Waals surface area (Å²) in [5.41, 5.74) is 3.92. The smallest absolute Gasteiger partial charge is 0.118 e. The Morgan fingerprint density at radius 3 is 1.58 bits per heavy atom. The van der Waals surface area contributed by atoms with Crippen LogP contribution in [0.4, 0.5) is 0 Å². The van der Waals surface area contributed by atoms with Crippen molar-refractivity contribution in [3.63, 3.8) is 0 Å². The Labute approximate surface area is 120 Å². The van der Waals surface area contributed by atoms with Crippen molar-refractivity contribution in [2.75, 3.05) is 7.11 Å². The summed E-state index contributed by atoms with van der Waals surface area (Å²) >= 11 is 0. The quantitative estimate of drug-likeness (QED) is 0.628.